The SMILES string of the molecule is C.C.C.CC(C)C(N)CN. The largest absolute Gasteiger partial charge is 0.329 e. The van der Waals surface area contributed by atoms with Crippen LogP contribution in [0.5, 0.6) is 0 Å². The molecule has 4 N–H and O–H groups in total. The van der Waals surface area contributed by atoms with Crippen molar-refractivity contribution in [3.63, 3.8) is 0 Å². The number of nitrogens with two attached hydrogens (primary N) is 2. The molecule has 10 heavy (non-hydrogen) atoms. The van der Waals surface area contributed by atoms with Gasteiger partial charge in [-0.2, -0.15) is 0 Å². The summed E-state index contributed by atoms with van der Waals surface area (Å²) in [4.78, 5) is 0. The van der Waals surface area contributed by atoms with Gasteiger partial charge in [0.2, 0.25) is 0 Å². The molecule has 0 aromatic rings. The Labute approximate surface area is 67.0 Å². The maximum absolute atomic E-state index is 5.49. The van der Waals surface area contributed by atoms with Crippen molar-refractivity contribution in [3.05, 3.63) is 0 Å². The third kappa shape index (κ3) is 10.8. The van der Waals surface area contributed by atoms with E-state index in [0.717, 1.165) is 0 Å². The van der Waals surface area contributed by atoms with Crippen molar-refractivity contribution in [2.75, 3.05) is 6.54 Å². The van der Waals surface area contributed by atoms with Crippen LogP contribution in [0.3, 0.4) is 0 Å². The molecule has 0 saturated carbocycles. The Balaban J connectivity index is -0.0000000600. The van der Waals surface area contributed by atoms with Crippen molar-refractivity contribution < 1.29 is 0 Å². The van der Waals surface area contributed by atoms with E-state index in [0.29, 0.717) is 12.5 Å². The van der Waals surface area contributed by atoms with Gasteiger partial charge < -0.3 is 11.5 Å². The molecule has 0 fully saturated rings. The number of hydrogen-bond donors (Lipinski definition) is 2. The van der Waals surface area contributed by atoms with Crippen molar-refractivity contribution in [3.8, 4) is 0 Å². The van der Waals surface area contributed by atoms with Gasteiger partial charge in [0, 0.05) is 12.6 Å². The predicted octanol–water partition coefficient (Wildman–Crippen LogP) is 1.84. The molecule has 2 heteroatoms. The molecule has 0 aliphatic rings. The summed E-state index contributed by atoms with van der Waals surface area (Å²) in [5.74, 6) is 0.519. The van der Waals surface area contributed by atoms with Gasteiger partial charge >= 0.3 is 0 Å². The molecule has 0 heterocycles. The quantitative estimate of drug-likeness (QED) is 0.631. The van der Waals surface area contributed by atoms with Crippen molar-refractivity contribution in [1.82, 2.24) is 0 Å². The first kappa shape index (κ1) is 22.5. The van der Waals surface area contributed by atoms with Gasteiger partial charge in [-0.1, -0.05) is 36.1 Å². The highest BCUT2D eigenvalue weighted by Crippen LogP contribution is 1.93. The highest BCUT2D eigenvalue weighted by atomic mass is 14.7. The lowest BCUT2D eigenvalue weighted by molar-refractivity contribution is 0.501. The molecule has 1 unspecified atom stereocenters. The molecule has 2 nitrogen and oxygen atoms in total. The van der Waals surface area contributed by atoms with Crippen LogP contribution in [0.1, 0.15) is 36.1 Å². The molecule has 0 saturated heterocycles. The summed E-state index contributed by atoms with van der Waals surface area (Å²) < 4.78 is 0. The van der Waals surface area contributed by atoms with Crippen LogP contribution in [-0.4, -0.2) is 12.6 Å². The average molecular weight is 150 g/mol. The fourth-order valence-electron chi connectivity index (χ4n) is 0.272. The van der Waals surface area contributed by atoms with E-state index in [4.69, 9.17) is 11.5 Å². The van der Waals surface area contributed by atoms with Crippen LogP contribution in [0.4, 0.5) is 0 Å². The van der Waals surface area contributed by atoms with Crippen LogP contribution < -0.4 is 11.5 Å². The molecule has 0 aromatic heterocycles. The fraction of sp³-hybridized carbons (Fsp3) is 1.00. The topological polar surface area (TPSA) is 52.0 Å². The Bertz CT molecular complexity index is 44.5. The molecule has 0 aromatic carbocycles. The molecule has 1 atom stereocenters. The van der Waals surface area contributed by atoms with E-state index in [1.807, 2.05) is 0 Å². The minimum Gasteiger partial charge on any atom is -0.329 e. The second-order valence-electron chi connectivity index (χ2n) is 2.14. The van der Waals surface area contributed by atoms with Crippen LogP contribution in [0.15, 0.2) is 0 Å². The molecule has 0 aliphatic carbocycles. The minimum atomic E-state index is 0. The average Bonchev–Trinajstić information content (AvgIpc) is 1.65. The summed E-state index contributed by atoms with van der Waals surface area (Å²) in [6, 6.07) is 0.181. The van der Waals surface area contributed by atoms with Gasteiger partial charge in [-0.05, 0) is 5.92 Å². The van der Waals surface area contributed by atoms with Gasteiger partial charge in [-0.25, -0.2) is 0 Å². The Morgan fingerprint density at radius 3 is 1.40 bits per heavy atom. The van der Waals surface area contributed by atoms with Crippen LogP contribution >= 0.6 is 0 Å². The second kappa shape index (κ2) is 11.7. The van der Waals surface area contributed by atoms with Crippen LogP contribution in [0.25, 0.3) is 0 Å². The summed E-state index contributed by atoms with van der Waals surface area (Å²) in [6.07, 6.45) is 0. The third-order valence-corrected chi connectivity index (χ3v) is 1.13. The summed E-state index contributed by atoms with van der Waals surface area (Å²) in [6.45, 7) is 4.73. The molecule has 0 spiro atoms. The molecule has 0 rings (SSSR count). The molecule has 0 aliphatic heterocycles. The maximum atomic E-state index is 5.49. The lowest BCUT2D eigenvalue weighted by Gasteiger charge is -2.10. The normalized spacial score (nSPS) is 10.5. The van der Waals surface area contributed by atoms with E-state index in [-0.39, 0.29) is 28.3 Å². The Kier molecular flexibility index (Phi) is 26.3. The maximum Gasteiger partial charge on any atom is 0.0186 e. The monoisotopic (exact) mass is 150 g/mol. The minimum absolute atomic E-state index is 0. The summed E-state index contributed by atoms with van der Waals surface area (Å²) in [5.41, 5.74) is 10.7. The number of hydrogen-bond acceptors (Lipinski definition) is 2. The van der Waals surface area contributed by atoms with Crippen molar-refractivity contribution in [2.24, 2.45) is 17.4 Å². The first-order valence-corrected chi connectivity index (χ1v) is 2.64. The van der Waals surface area contributed by atoms with E-state index in [1.165, 1.54) is 0 Å². The highest BCUT2D eigenvalue weighted by Gasteiger charge is 2.01. The Morgan fingerprint density at radius 1 is 1.10 bits per heavy atom. The van der Waals surface area contributed by atoms with E-state index in [2.05, 4.69) is 13.8 Å². The highest BCUT2D eigenvalue weighted by molar-refractivity contribution is 4.64. The second-order valence-corrected chi connectivity index (χ2v) is 2.14. The van der Waals surface area contributed by atoms with Crippen molar-refractivity contribution in [1.29, 1.82) is 0 Å². The van der Waals surface area contributed by atoms with Crippen molar-refractivity contribution in [2.45, 2.75) is 42.2 Å². The first-order valence-electron chi connectivity index (χ1n) is 2.64. The zero-order chi connectivity index (χ0) is 5.86. The first-order chi connectivity index (χ1) is 3.18. The van der Waals surface area contributed by atoms with Gasteiger partial charge in [0.05, 0.1) is 0 Å². The van der Waals surface area contributed by atoms with Gasteiger partial charge in [0.25, 0.3) is 0 Å². The van der Waals surface area contributed by atoms with Crippen LogP contribution in [-0.2, 0) is 0 Å². The van der Waals surface area contributed by atoms with E-state index >= 15 is 0 Å². The Hall–Kier alpha value is -0.0800. The summed E-state index contributed by atoms with van der Waals surface area (Å²) >= 11 is 0. The third-order valence-electron chi connectivity index (χ3n) is 1.13. The zero-order valence-electron chi connectivity index (χ0n) is 5.02. The molecule has 0 amide bonds. The standard InChI is InChI=1S/C5H14N2.3CH4/c1-4(2)5(7)3-6;;;/h4-5H,3,6-7H2,1-2H3;3*1H4. The molecule has 0 radical (unpaired) electrons. The van der Waals surface area contributed by atoms with E-state index in [9.17, 15) is 0 Å². The van der Waals surface area contributed by atoms with Gasteiger partial charge in [0.15, 0.2) is 0 Å². The summed E-state index contributed by atoms with van der Waals surface area (Å²) in [7, 11) is 0. The van der Waals surface area contributed by atoms with E-state index in [1.54, 1.807) is 0 Å². The van der Waals surface area contributed by atoms with Gasteiger partial charge in [-0.3, -0.25) is 0 Å². The molecular weight excluding hydrogens is 124 g/mol. The van der Waals surface area contributed by atoms with E-state index < -0.39 is 0 Å². The smallest absolute Gasteiger partial charge is 0.0186 e. The number of rotatable bonds is 2. The van der Waals surface area contributed by atoms with Crippen molar-refractivity contribution >= 4 is 0 Å². The van der Waals surface area contributed by atoms with Gasteiger partial charge in [-0.15, -0.1) is 0 Å². The summed E-state index contributed by atoms with van der Waals surface area (Å²) in [5, 5.41) is 0. The zero-order valence-corrected chi connectivity index (χ0v) is 5.02. The molecule has 68 valence electrons. The lowest BCUT2D eigenvalue weighted by atomic mass is 10.1. The molecule has 0 bridgehead atoms. The predicted molar refractivity (Wildman–Crippen MR) is 52.1 cm³/mol. The van der Waals surface area contributed by atoms with Gasteiger partial charge in [0.1, 0.15) is 0 Å². The molecular formula is C8H26N2. The van der Waals surface area contributed by atoms with Crippen LogP contribution in [0.2, 0.25) is 0 Å². The lowest BCUT2D eigenvalue weighted by Crippen LogP contribution is -2.34. The van der Waals surface area contributed by atoms with Crippen LogP contribution in [0, 0.1) is 5.92 Å². The fourth-order valence-corrected chi connectivity index (χ4v) is 0.272. The Morgan fingerprint density at radius 2 is 1.40 bits per heavy atom.